The Hall–Kier alpha value is -4.26. The number of rotatable bonds is 13. The maximum absolute atomic E-state index is 10.1. The zero-order valence-electron chi connectivity index (χ0n) is 23.5. The maximum Gasteiger partial charge on any atom is 0.146 e. The molecule has 210 valence electrons. The van der Waals surface area contributed by atoms with Gasteiger partial charge in [-0.25, -0.2) is 4.99 Å². The molecule has 0 aliphatic carbocycles. The molecule has 1 aromatic heterocycles. The zero-order valence-corrected chi connectivity index (χ0v) is 23.5. The Balaban J connectivity index is 1.99. The molecule has 3 rings (SSSR count). The van der Waals surface area contributed by atoms with Crippen LogP contribution in [0, 0.1) is 0 Å². The highest BCUT2D eigenvalue weighted by atomic mass is 16.5. The number of hydrogen-bond donors (Lipinski definition) is 5. The predicted molar refractivity (Wildman–Crippen MR) is 159 cm³/mol. The summed E-state index contributed by atoms with van der Waals surface area (Å²) >= 11 is 0. The number of anilines is 2. The maximum atomic E-state index is 10.1. The molecule has 39 heavy (non-hydrogen) atoms. The quantitative estimate of drug-likeness (QED) is 0.0956. The Morgan fingerprint density at radius 2 is 2.00 bits per heavy atom. The Labute approximate surface area is 229 Å². The van der Waals surface area contributed by atoms with Gasteiger partial charge in [0, 0.05) is 62.5 Å². The standard InChI is InChI=1S/C27H40N10O2/c1-8-37(38)33-22-14-23(26(39-7)16-25(22)35(5)12-11-34(4)18(2)3)31-27(28)15-21(32-29)19-9-10-20-17-30-36(6)24(20)13-19/h8-10,13-18,32-33,38H,1,11-12,29H2,2-7H3,(H2,28,31)/b21-15-. The van der Waals surface area contributed by atoms with Gasteiger partial charge < -0.3 is 25.7 Å². The molecule has 12 heteroatoms. The van der Waals surface area contributed by atoms with Crippen molar-refractivity contribution >= 4 is 39.5 Å². The summed E-state index contributed by atoms with van der Waals surface area (Å²) in [6.07, 6.45) is 4.70. The molecule has 0 aliphatic heterocycles. The lowest BCUT2D eigenvalue weighted by Crippen LogP contribution is -2.35. The number of methoxy groups -OCH3 is 1. The summed E-state index contributed by atoms with van der Waals surface area (Å²) in [6, 6.07) is 9.88. The third-order valence-corrected chi connectivity index (χ3v) is 6.54. The van der Waals surface area contributed by atoms with Crippen molar-refractivity contribution in [2.75, 3.05) is 44.6 Å². The van der Waals surface area contributed by atoms with Crippen LogP contribution in [0.4, 0.5) is 17.1 Å². The zero-order chi connectivity index (χ0) is 28.7. The lowest BCUT2D eigenvalue weighted by Gasteiger charge is -2.29. The van der Waals surface area contributed by atoms with E-state index in [4.69, 9.17) is 16.3 Å². The van der Waals surface area contributed by atoms with Crippen LogP contribution in [-0.2, 0) is 7.05 Å². The lowest BCUT2D eigenvalue weighted by atomic mass is 10.1. The number of aryl methyl sites for hydroxylation is 1. The van der Waals surface area contributed by atoms with E-state index in [1.54, 1.807) is 30.1 Å². The Morgan fingerprint density at radius 3 is 2.64 bits per heavy atom. The van der Waals surface area contributed by atoms with E-state index in [1.165, 1.54) is 6.20 Å². The number of hydrazine groups is 2. The Kier molecular flexibility index (Phi) is 9.77. The van der Waals surface area contributed by atoms with Crippen LogP contribution in [0.2, 0.25) is 0 Å². The number of ether oxygens (including phenoxy) is 1. The van der Waals surface area contributed by atoms with E-state index >= 15 is 0 Å². The normalized spacial score (nSPS) is 12.3. The third kappa shape index (κ3) is 7.19. The highest BCUT2D eigenvalue weighted by molar-refractivity contribution is 6.00. The minimum absolute atomic E-state index is 0.196. The van der Waals surface area contributed by atoms with Crippen molar-refractivity contribution in [2.24, 2.45) is 23.6 Å². The van der Waals surface area contributed by atoms with Crippen LogP contribution in [-0.4, -0.2) is 71.2 Å². The van der Waals surface area contributed by atoms with E-state index in [1.807, 2.05) is 38.4 Å². The third-order valence-electron chi connectivity index (χ3n) is 6.54. The van der Waals surface area contributed by atoms with Gasteiger partial charge in [-0.1, -0.05) is 18.7 Å². The van der Waals surface area contributed by atoms with Crippen LogP contribution in [0.25, 0.3) is 16.6 Å². The molecule has 0 aliphatic rings. The number of benzene rings is 2. The minimum atomic E-state index is 0.196. The molecule has 12 nitrogen and oxygen atoms in total. The van der Waals surface area contributed by atoms with Crippen molar-refractivity contribution in [3.8, 4) is 5.75 Å². The van der Waals surface area contributed by atoms with E-state index < -0.39 is 0 Å². The number of nitrogens with two attached hydrogens (primary N) is 2. The second-order valence-electron chi connectivity index (χ2n) is 9.46. The monoisotopic (exact) mass is 536 g/mol. The van der Waals surface area contributed by atoms with Gasteiger partial charge in [0.05, 0.1) is 35.9 Å². The molecule has 7 N–H and O–H groups in total. The second-order valence-corrected chi connectivity index (χ2v) is 9.46. The molecular formula is C27H40N10O2. The SMILES string of the molecule is C=CN(O)Nc1cc(N=C(N)/C=C(\NN)c2ccc3cnn(C)c3c2)c(OC)cc1N(C)CCN(C)C(C)C. The first-order chi connectivity index (χ1) is 18.6. The van der Waals surface area contributed by atoms with Gasteiger partial charge in [-0.05, 0) is 33.0 Å². The predicted octanol–water partition coefficient (Wildman–Crippen LogP) is 3.01. The second kappa shape index (κ2) is 13.0. The van der Waals surface area contributed by atoms with Gasteiger partial charge in [0.2, 0.25) is 0 Å². The van der Waals surface area contributed by atoms with Gasteiger partial charge in [-0.3, -0.25) is 21.2 Å². The minimum Gasteiger partial charge on any atom is -0.494 e. The molecular weight excluding hydrogens is 496 g/mol. The van der Waals surface area contributed by atoms with E-state index in [-0.39, 0.29) is 5.84 Å². The number of hydroxylamine groups is 1. The van der Waals surface area contributed by atoms with Crippen molar-refractivity contribution in [3.05, 3.63) is 60.9 Å². The number of aromatic nitrogens is 2. The highest BCUT2D eigenvalue weighted by Crippen LogP contribution is 2.38. The number of amidine groups is 1. The van der Waals surface area contributed by atoms with Crippen LogP contribution < -0.4 is 32.1 Å². The molecule has 0 saturated carbocycles. The van der Waals surface area contributed by atoms with Gasteiger partial charge >= 0.3 is 0 Å². The van der Waals surface area contributed by atoms with Gasteiger partial charge in [0.1, 0.15) is 17.3 Å². The van der Waals surface area contributed by atoms with Crippen molar-refractivity contribution < 1.29 is 9.94 Å². The van der Waals surface area contributed by atoms with E-state index in [0.29, 0.717) is 28.9 Å². The van der Waals surface area contributed by atoms with Crippen molar-refractivity contribution in [2.45, 2.75) is 19.9 Å². The molecule has 0 radical (unpaired) electrons. The Bertz CT molecular complexity index is 1350. The van der Waals surface area contributed by atoms with E-state index in [0.717, 1.165) is 40.4 Å². The first kappa shape index (κ1) is 29.3. The van der Waals surface area contributed by atoms with Gasteiger partial charge in [0.15, 0.2) is 0 Å². The molecule has 0 spiro atoms. The molecule has 3 aromatic rings. The fourth-order valence-electron chi connectivity index (χ4n) is 3.91. The number of aliphatic imine (C=N–C) groups is 1. The van der Waals surface area contributed by atoms with Gasteiger partial charge in [0.25, 0.3) is 0 Å². The largest absolute Gasteiger partial charge is 0.494 e. The van der Waals surface area contributed by atoms with Gasteiger partial charge in [-0.2, -0.15) is 10.3 Å². The lowest BCUT2D eigenvalue weighted by molar-refractivity contribution is -0.0136. The number of nitrogens with one attached hydrogen (secondary N) is 2. The molecule has 0 bridgehead atoms. The number of likely N-dealkylation sites (N-methyl/N-ethyl adjacent to an activating group) is 2. The summed E-state index contributed by atoms with van der Waals surface area (Å²) in [7, 11) is 7.51. The van der Waals surface area contributed by atoms with Crippen LogP contribution in [0.1, 0.15) is 19.4 Å². The summed E-state index contributed by atoms with van der Waals surface area (Å²) in [4.78, 5) is 8.92. The van der Waals surface area contributed by atoms with Crippen LogP contribution in [0.3, 0.4) is 0 Å². The molecule has 0 fully saturated rings. The highest BCUT2D eigenvalue weighted by Gasteiger charge is 2.16. The fourth-order valence-corrected chi connectivity index (χ4v) is 3.91. The summed E-state index contributed by atoms with van der Waals surface area (Å²) in [5.41, 5.74) is 16.2. The number of nitrogens with zero attached hydrogens (tertiary/aromatic N) is 6. The Morgan fingerprint density at radius 1 is 1.26 bits per heavy atom. The van der Waals surface area contributed by atoms with Crippen molar-refractivity contribution in [1.82, 2.24) is 25.3 Å². The molecule has 0 saturated heterocycles. The molecule has 0 unspecified atom stereocenters. The summed E-state index contributed by atoms with van der Waals surface area (Å²) in [6.45, 7) is 9.48. The van der Waals surface area contributed by atoms with Crippen molar-refractivity contribution in [3.63, 3.8) is 0 Å². The first-order valence-corrected chi connectivity index (χ1v) is 12.5. The smallest absolute Gasteiger partial charge is 0.146 e. The molecule has 2 aromatic carbocycles. The summed E-state index contributed by atoms with van der Waals surface area (Å²) in [5.74, 6) is 6.55. The average Bonchev–Trinajstić information content (AvgIpc) is 3.29. The number of fused-ring (bicyclic) bond motifs is 1. The fraction of sp³-hybridized carbons (Fsp3) is 0.333. The first-order valence-electron chi connectivity index (χ1n) is 12.5. The van der Waals surface area contributed by atoms with Crippen LogP contribution in [0.5, 0.6) is 5.75 Å². The van der Waals surface area contributed by atoms with E-state index in [9.17, 15) is 5.21 Å². The van der Waals surface area contributed by atoms with Crippen molar-refractivity contribution in [1.29, 1.82) is 0 Å². The van der Waals surface area contributed by atoms with E-state index in [2.05, 4.69) is 58.2 Å². The summed E-state index contributed by atoms with van der Waals surface area (Å²) < 4.78 is 7.45. The van der Waals surface area contributed by atoms with Gasteiger partial charge in [-0.15, -0.1) is 0 Å². The molecule has 0 amide bonds. The number of hydrogen-bond acceptors (Lipinski definition) is 10. The van der Waals surface area contributed by atoms with Crippen LogP contribution in [0.15, 0.2) is 60.4 Å². The van der Waals surface area contributed by atoms with Crippen LogP contribution >= 0.6 is 0 Å². The average molecular weight is 537 g/mol. The molecule has 1 heterocycles. The topological polar surface area (TPSA) is 145 Å². The summed E-state index contributed by atoms with van der Waals surface area (Å²) in [5, 5.41) is 16.2. The molecule has 0 atom stereocenters.